The number of amides is 2. The summed E-state index contributed by atoms with van der Waals surface area (Å²) >= 11 is 0. The molecule has 2 fully saturated rings. The Hall–Kier alpha value is -2.47. The van der Waals surface area contributed by atoms with Gasteiger partial charge in [-0.3, -0.25) is 14.6 Å². The number of carbonyl (C=O) groups is 2. The number of hydrogen-bond donors (Lipinski definition) is 1. The molecule has 2 aliphatic heterocycles. The van der Waals surface area contributed by atoms with Crippen molar-refractivity contribution in [1.29, 1.82) is 0 Å². The molecule has 0 aromatic heterocycles. The standard InChI is InChI=1S/C29H41F3N4O4S/c1-19-17-23(26(37)35(3)4)18-20(2)24(19)10-16-41(39,40)36-14-12-28(13-15-36)27(38)33-25(34-28)22-7-5-21(6-8-22)9-11-29(30,31)32/h17-18,21-22H,5-16H2,1-4H3,(H,33,34,38). The summed E-state index contributed by atoms with van der Waals surface area (Å²) in [5.74, 6) is 0.297. The highest BCUT2D eigenvalue weighted by Gasteiger charge is 2.48. The molecule has 1 saturated heterocycles. The summed E-state index contributed by atoms with van der Waals surface area (Å²) in [4.78, 5) is 31.6. The van der Waals surface area contributed by atoms with E-state index in [4.69, 9.17) is 4.99 Å². The molecule has 0 atom stereocenters. The van der Waals surface area contributed by atoms with E-state index in [-0.39, 0.29) is 48.9 Å². The van der Waals surface area contributed by atoms with Gasteiger partial charge in [0, 0.05) is 45.1 Å². The minimum atomic E-state index is -4.13. The van der Waals surface area contributed by atoms with Crippen LogP contribution in [0.1, 0.15) is 78.4 Å². The number of benzene rings is 1. The van der Waals surface area contributed by atoms with E-state index in [2.05, 4.69) is 5.32 Å². The zero-order valence-corrected chi connectivity index (χ0v) is 25.1. The number of amidine groups is 1. The van der Waals surface area contributed by atoms with Gasteiger partial charge in [-0.15, -0.1) is 0 Å². The summed E-state index contributed by atoms with van der Waals surface area (Å²) in [5.41, 5.74) is 2.26. The first-order chi connectivity index (χ1) is 19.1. The van der Waals surface area contributed by atoms with Gasteiger partial charge in [0.1, 0.15) is 11.4 Å². The van der Waals surface area contributed by atoms with E-state index in [1.165, 1.54) is 9.21 Å². The van der Waals surface area contributed by atoms with E-state index in [0.717, 1.165) is 16.7 Å². The van der Waals surface area contributed by atoms with Crippen molar-refractivity contribution >= 4 is 27.7 Å². The van der Waals surface area contributed by atoms with Crippen molar-refractivity contribution in [2.45, 2.75) is 83.4 Å². The Kier molecular flexibility index (Phi) is 9.23. The first-order valence-corrected chi connectivity index (χ1v) is 16.0. The third-order valence-electron chi connectivity index (χ3n) is 8.97. The molecule has 12 heteroatoms. The van der Waals surface area contributed by atoms with Crippen LogP contribution in [0, 0.1) is 25.7 Å². The summed E-state index contributed by atoms with van der Waals surface area (Å²) in [6, 6.07) is 3.59. The zero-order chi connectivity index (χ0) is 30.2. The number of alkyl halides is 3. The number of aryl methyl sites for hydroxylation is 2. The van der Waals surface area contributed by atoms with E-state index < -0.39 is 28.2 Å². The van der Waals surface area contributed by atoms with Crippen LogP contribution in [0.3, 0.4) is 0 Å². The fourth-order valence-electron chi connectivity index (χ4n) is 6.43. The second kappa shape index (κ2) is 12.0. The molecule has 1 aromatic rings. The van der Waals surface area contributed by atoms with Crippen LogP contribution in [0.15, 0.2) is 17.1 Å². The lowest BCUT2D eigenvalue weighted by Crippen LogP contribution is -2.51. The molecule has 0 unspecified atom stereocenters. The molecular formula is C29H41F3N4O4S. The lowest BCUT2D eigenvalue weighted by Gasteiger charge is -2.34. The van der Waals surface area contributed by atoms with E-state index >= 15 is 0 Å². The number of sulfonamides is 1. The Morgan fingerprint density at radius 2 is 1.68 bits per heavy atom. The Bertz CT molecular complexity index is 1270. The maximum atomic E-state index is 13.2. The van der Waals surface area contributed by atoms with Crippen molar-refractivity contribution in [1.82, 2.24) is 14.5 Å². The van der Waals surface area contributed by atoms with E-state index in [1.807, 2.05) is 13.8 Å². The quantitative estimate of drug-likeness (QED) is 0.480. The van der Waals surface area contributed by atoms with Crippen LogP contribution < -0.4 is 5.32 Å². The van der Waals surface area contributed by atoms with Gasteiger partial charge in [0.15, 0.2) is 0 Å². The predicted molar refractivity (Wildman–Crippen MR) is 151 cm³/mol. The van der Waals surface area contributed by atoms with Crippen molar-refractivity contribution in [3.63, 3.8) is 0 Å². The molecule has 3 aliphatic rings. The lowest BCUT2D eigenvalue weighted by atomic mass is 9.79. The fourth-order valence-corrected chi connectivity index (χ4v) is 7.89. The smallest absolute Gasteiger partial charge is 0.345 e. The molecule has 41 heavy (non-hydrogen) atoms. The molecule has 1 saturated carbocycles. The number of nitrogens with zero attached hydrogens (tertiary/aromatic N) is 3. The highest BCUT2D eigenvalue weighted by molar-refractivity contribution is 7.89. The third-order valence-corrected chi connectivity index (χ3v) is 10.8. The van der Waals surface area contributed by atoms with Gasteiger partial charge >= 0.3 is 6.18 Å². The summed E-state index contributed by atoms with van der Waals surface area (Å²) in [7, 11) is -0.200. The summed E-state index contributed by atoms with van der Waals surface area (Å²) < 4.78 is 65.7. The maximum absolute atomic E-state index is 13.2. The van der Waals surface area contributed by atoms with Crippen LogP contribution in [-0.2, 0) is 21.2 Å². The van der Waals surface area contributed by atoms with Gasteiger partial charge in [0.2, 0.25) is 10.0 Å². The van der Waals surface area contributed by atoms with Gasteiger partial charge in [-0.1, -0.05) is 0 Å². The Labute approximate surface area is 240 Å². The number of carbonyl (C=O) groups excluding carboxylic acids is 2. The number of aliphatic imine (C=N–C) groups is 1. The Morgan fingerprint density at radius 1 is 1.10 bits per heavy atom. The van der Waals surface area contributed by atoms with Gasteiger partial charge in [0.25, 0.3) is 11.8 Å². The van der Waals surface area contributed by atoms with Gasteiger partial charge in [-0.05, 0) is 100.0 Å². The molecule has 4 rings (SSSR count). The molecule has 228 valence electrons. The van der Waals surface area contributed by atoms with Gasteiger partial charge in [-0.25, -0.2) is 12.7 Å². The molecule has 0 bridgehead atoms. The van der Waals surface area contributed by atoms with Crippen molar-refractivity contribution in [3.05, 3.63) is 34.4 Å². The second-order valence-corrected chi connectivity index (χ2v) is 14.2. The second-order valence-electron chi connectivity index (χ2n) is 12.1. The minimum Gasteiger partial charge on any atom is -0.345 e. The zero-order valence-electron chi connectivity index (χ0n) is 24.3. The average molecular weight is 599 g/mol. The van der Waals surface area contributed by atoms with E-state index in [9.17, 15) is 31.2 Å². The van der Waals surface area contributed by atoms with E-state index in [0.29, 0.717) is 56.3 Å². The third kappa shape index (κ3) is 7.31. The van der Waals surface area contributed by atoms with Crippen LogP contribution in [0.25, 0.3) is 0 Å². The van der Waals surface area contributed by atoms with Gasteiger partial charge < -0.3 is 10.2 Å². The Balaban J connectivity index is 1.33. The number of hydrogen-bond acceptors (Lipinski definition) is 5. The summed E-state index contributed by atoms with van der Waals surface area (Å²) in [6.07, 6.45) is -1.08. The van der Waals surface area contributed by atoms with Crippen LogP contribution in [0.2, 0.25) is 0 Å². The van der Waals surface area contributed by atoms with Crippen molar-refractivity contribution in [2.24, 2.45) is 16.8 Å². The van der Waals surface area contributed by atoms with Gasteiger partial charge in [0.05, 0.1) is 5.75 Å². The molecule has 1 N–H and O–H groups in total. The number of halogens is 3. The molecule has 1 aromatic carbocycles. The van der Waals surface area contributed by atoms with Crippen molar-refractivity contribution in [2.75, 3.05) is 32.9 Å². The maximum Gasteiger partial charge on any atom is 0.389 e. The highest BCUT2D eigenvalue weighted by atomic mass is 32.2. The Morgan fingerprint density at radius 3 is 2.22 bits per heavy atom. The molecule has 1 spiro atoms. The van der Waals surface area contributed by atoms with Crippen LogP contribution in [0.4, 0.5) is 13.2 Å². The summed E-state index contributed by atoms with van der Waals surface area (Å²) in [5, 5.41) is 2.92. The normalized spacial score (nSPS) is 23.4. The van der Waals surface area contributed by atoms with E-state index in [1.54, 1.807) is 26.2 Å². The number of rotatable bonds is 8. The molecular weight excluding hydrogens is 557 g/mol. The van der Waals surface area contributed by atoms with Crippen LogP contribution in [-0.4, -0.2) is 79.9 Å². The largest absolute Gasteiger partial charge is 0.389 e. The van der Waals surface area contributed by atoms with Crippen LogP contribution >= 0.6 is 0 Å². The molecule has 8 nitrogen and oxygen atoms in total. The molecule has 0 radical (unpaired) electrons. The van der Waals surface area contributed by atoms with Gasteiger partial charge in [-0.2, -0.15) is 13.2 Å². The molecule has 2 heterocycles. The predicted octanol–water partition coefficient (Wildman–Crippen LogP) is 4.39. The number of nitrogens with one attached hydrogen (secondary N) is 1. The number of piperidine rings is 1. The summed E-state index contributed by atoms with van der Waals surface area (Å²) in [6.45, 7) is 4.17. The minimum absolute atomic E-state index is 0.0214. The monoisotopic (exact) mass is 598 g/mol. The topological polar surface area (TPSA) is 99.2 Å². The van der Waals surface area contributed by atoms with Crippen LogP contribution in [0.5, 0.6) is 0 Å². The highest BCUT2D eigenvalue weighted by Crippen LogP contribution is 2.38. The molecule has 1 aliphatic carbocycles. The molecule has 2 amide bonds. The van der Waals surface area contributed by atoms with Crippen molar-refractivity contribution in [3.8, 4) is 0 Å². The first-order valence-electron chi connectivity index (χ1n) is 14.4. The van der Waals surface area contributed by atoms with Crippen molar-refractivity contribution < 1.29 is 31.2 Å². The average Bonchev–Trinajstić information content (AvgIpc) is 3.21. The first kappa shape index (κ1) is 31.5. The fraction of sp³-hybridized carbons (Fsp3) is 0.690. The SMILES string of the molecule is Cc1cc(C(=O)N(C)C)cc(C)c1CCS(=O)(=O)N1CCC2(CC1)N=C(C1CCC(CCC(F)(F)F)CC1)NC2=O. The lowest BCUT2D eigenvalue weighted by molar-refractivity contribution is -0.138.